The van der Waals surface area contributed by atoms with Crippen LogP contribution in [0.3, 0.4) is 0 Å². The molecule has 0 spiro atoms. The van der Waals surface area contributed by atoms with E-state index in [2.05, 4.69) is 25.8 Å². The van der Waals surface area contributed by atoms with E-state index in [1.165, 1.54) is 12.8 Å². The first kappa shape index (κ1) is 10.5. The van der Waals surface area contributed by atoms with Gasteiger partial charge in [-0.25, -0.2) is 0 Å². The number of hydrogen-bond donors (Lipinski definition) is 0. The van der Waals surface area contributed by atoms with Crippen LogP contribution >= 0.6 is 0 Å². The molecule has 2 heteroatoms. The molecule has 0 aromatic carbocycles. The van der Waals surface area contributed by atoms with E-state index in [1.807, 2.05) is 12.1 Å². The quantitative estimate of drug-likeness (QED) is 0.739. The van der Waals surface area contributed by atoms with E-state index < -0.39 is 0 Å². The highest BCUT2D eigenvalue weighted by Crippen LogP contribution is 2.42. The summed E-state index contributed by atoms with van der Waals surface area (Å²) in [4.78, 5) is 4.04. The minimum Gasteiger partial charge on any atom is -0.489 e. The molecule has 0 atom stereocenters. The van der Waals surface area contributed by atoms with E-state index in [-0.39, 0.29) is 0 Å². The Hall–Kier alpha value is -1.05. The Balaban J connectivity index is 1.82. The number of nitrogens with zero attached hydrogens (tertiary/aromatic N) is 1. The highest BCUT2D eigenvalue weighted by atomic mass is 16.5. The predicted octanol–water partition coefficient (Wildman–Crippen LogP) is 3.29. The molecule has 1 aliphatic rings. The largest absolute Gasteiger partial charge is 0.489 e. The van der Waals surface area contributed by atoms with Gasteiger partial charge in [-0.05, 0) is 36.3 Å². The lowest BCUT2D eigenvalue weighted by molar-refractivity contribution is 0.00713. The first-order valence-corrected chi connectivity index (χ1v) is 5.62. The summed E-state index contributed by atoms with van der Waals surface area (Å²) in [5, 5.41) is 0. The summed E-state index contributed by atoms with van der Waals surface area (Å²) in [7, 11) is 0. The zero-order valence-electron chi connectivity index (χ0n) is 9.73. The van der Waals surface area contributed by atoms with Crippen LogP contribution in [-0.4, -0.2) is 11.1 Å². The van der Waals surface area contributed by atoms with Gasteiger partial charge in [-0.1, -0.05) is 20.8 Å². The summed E-state index contributed by atoms with van der Waals surface area (Å²) in [6, 6.07) is 3.88. The lowest BCUT2D eigenvalue weighted by Crippen LogP contribution is -2.40. The highest BCUT2D eigenvalue weighted by molar-refractivity contribution is 5.16. The molecular formula is C13H19NO. The SMILES string of the molecule is CC(C)(C)C1CC(Oc2cccnc2)C1. The normalized spacial score (nSPS) is 25.8. The maximum absolute atomic E-state index is 5.81. The van der Waals surface area contributed by atoms with E-state index in [0.29, 0.717) is 11.5 Å². The molecular weight excluding hydrogens is 186 g/mol. The first-order chi connectivity index (χ1) is 7.05. The third-order valence-corrected chi connectivity index (χ3v) is 3.26. The number of ether oxygens (including phenoxy) is 1. The molecule has 1 aromatic rings. The van der Waals surface area contributed by atoms with Gasteiger partial charge in [0.05, 0.1) is 12.3 Å². The smallest absolute Gasteiger partial charge is 0.137 e. The second-order valence-electron chi connectivity index (χ2n) is 5.46. The van der Waals surface area contributed by atoms with Crippen molar-refractivity contribution < 1.29 is 4.74 Å². The molecule has 0 radical (unpaired) electrons. The molecule has 1 aromatic heterocycles. The van der Waals surface area contributed by atoms with Gasteiger partial charge in [-0.2, -0.15) is 0 Å². The number of aromatic nitrogens is 1. The molecule has 1 aliphatic carbocycles. The molecule has 1 saturated carbocycles. The molecule has 1 heterocycles. The Bertz CT molecular complexity index is 309. The molecule has 0 unspecified atom stereocenters. The molecule has 0 bridgehead atoms. The third kappa shape index (κ3) is 2.49. The summed E-state index contributed by atoms with van der Waals surface area (Å²) in [6.07, 6.45) is 6.31. The summed E-state index contributed by atoms with van der Waals surface area (Å²) in [5.74, 6) is 1.70. The topological polar surface area (TPSA) is 22.1 Å². The molecule has 1 fully saturated rings. The van der Waals surface area contributed by atoms with Crippen molar-refractivity contribution >= 4 is 0 Å². The zero-order chi connectivity index (χ0) is 10.9. The standard InChI is InChI=1S/C13H19NO/c1-13(2,3)10-7-12(8-10)15-11-5-4-6-14-9-11/h4-6,9-10,12H,7-8H2,1-3H3. The number of pyridine rings is 1. The Morgan fingerprint density at radius 3 is 2.60 bits per heavy atom. The molecule has 0 saturated heterocycles. The van der Waals surface area contributed by atoms with Crippen molar-refractivity contribution in [2.45, 2.75) is 39.7 Å². The van der Waals surface area contributed by atoms with Crippen molar-refractivity contribution in [3.63, 3.8) is 0 Å². The Labute approximate surface area is 91.7 Å². The van der Waals surface area contributed by atoms with Gasteiger partial charge in [0.25, 0.3) is 0 Å². The molecule has 0 amide bonds. The van der Waals surface area contributed by atoms with Crippen molar-refractivity contribution in [2.24, 2.45) is 11.3 Å². The number of rotatable bonds is 2. The minimum absolute atomic E-state index is 0.401. The molecule has 82 valence electrons. The van der Waals surface area contributed by atoms with Crippen molar-refractivity contribution in [2.75, 3.05) is 0 Å². The Morgan fingerprint density at radius 2 is 2.07 bits per heavy atom. The average molecular weight is 205 g/mol. The second kappa shape index (κ2) is 3.84. The van der Waals surface area contributed by atoms with E-state index >= 15 is 0 Å². The lowest BCUT2D eigenvalue weighted by atomic mass is 9.67. The molecule has 2 rings (SSSR count). The van der Waals surface area contributed by atoms with Crippen molar-refractivity contribution in [3.05, 3.63) is 24.5 Å². The fraction of sp³-hybridized carbons (Fsp3) is 0.615. The summed E-state index contributed by atoms with van der Waals surface area (Å²) in [6.45, 7) is 6.91. The molecule has 15 heavy (non-hydrogen) atoms. The Kier molecular flexibility index (Phi) is 2.68. The summed E-state index contributed by atoms with van der Waals surface area (Å²) in [5.41, 5.74) is 0.425. The van der Waals surface area contributed by atoms with Crippen LogP contribution in [0.15, 0.2) is 24.5 Å². The van der Waals surface area contributed by atoms with Gasteiger partial charge in [0.15, 0.2) is 0 Å². The predicted molar refractivity (Wildman–Crippen MR) is 60.8 cm³/mol. The van der Waals surface area contributed by atoms with Crippen LogP contribution in [0, 0.1) is 11.3 Å². The van der Waals surface area contributed by atoms with Crippen LogP contribution in [-0.2, 0) is 0 Å². The summed E-state index contributed by atoms with van der Waals surface area (Å²) >= 11 is 0. The lowest BCUT2D eigenvalue weighted by Gasteiger charge is -2.43. The van der Waals surface area contributed by atoms with Gasteiger partial charge in [0, 0.05) is 6.20 Å². The fourth-order valence-corrected chi connectivity index (χ4v) is 1.98. The van der Waals surface area contributed by atoms with E-state index in [4.69, 9.17) is 4.74 Å². The van der Waals surface area contributed by atoms with Crippen molar-refractivity contribution in [1.29, 1.82) is 0 Å². The monoisotopic (exact) mass is 205 g/mol. The van der Waals surface area contributed by atoms with Crippen molar-refractivity contribution in [3.8, 4) is 5.75 Å². The number of hydrogen-bond acceptors (Lipinski definition) is 2. The van der Waals surface area contributed by atoms with Crippen LogP contribution in [0.5, 0.6) is 5.75 Å². The average Bonchev–Trinajstić information content (AvgIpc) is 2.10. The van der Waals surface area contributed by atoms with Crippen LogP contribution in [0.1, 0.15) is 33.6 Å². The van der Waals surface area contributed by atoms with Crippen LogP contribution < -0.4 is 4.74 Å². The zero-order valence-corrected chi connectivity index (χ0v) is 9.73. The molecule has 0 aliphatic heterocycles. The van der Waals surface area contributed by atoms with Gasteiger partial charge in [-0.3, -0.25) is 4.98 Å². The summed E-state index contributed by atoms with van der Waals surface area (Å²) < 4.78 is 5.81. The first-order valence-electron chi connectivity index (χ1n) is 5.62. The van der Waals surface area contributed by atoms with Gasteiger partial charge in [-0.15, -0.1) is 0 Å². The van der Waals surface area contributed by atoms with E-state index in [9.17, 15) is 0 Å². The maximum Gasteiger partial charge on any atom is 0.137 e. The van der Waals surface area contributed by atoms with E-state index in [1.54, 1.807) is 12.4 Å². The van der Waals surface area contributed by atoms with Crippen LogP contribution in [0.25, 0.3) is 0 Å². The highest BCUT2D eigenvalue weighted by Gasteiger charge is 2.38. The van der Waals surface area contributed by atoms with Gasteiger partial charge in [0.2, 0.25) is 0 Å². The van der Waals surface area contributed by atoms with Crippen LogP contribution in [0.4, 0.5) is 0 Å². The Morgan fingerprint density at radius 1 is 1.33 bits per heavy atom. The van der Waals surface area contributed by atoms with Crippen LogP contribution in [0.2, 0.25) is 0 Å². The molecule has 0 N–H and O–H groups in total. The third-order valence-electron chi connectivity index (χ3n) is 3.26. The molecule has 2 nitrogen and oxygen atoms in total. The fourth-order valence-electron chi connectivity index (χ4n) is 1.98. The van der Waals surface area contributed by atoms with Gasteiger partial charge in [0.1, 0.15) is 5.75 Å². The van der Waals surface area contributed by atoms with Gasteiger partial charge < -0.3 is 4.74 Å². The second-order valence-corrected chi connectivity index (χ2v) is 5.46. The van der Waals surface area contributed by atoms with Crippen molar-refractivity contribution in [1.82, 2.24) is 4.98 Å². The van der Waals surface area contributed by atoms with E-state index in [0.717, 1.165) is 11.7 Å². The minimum atomic E-state index is 0.401. The maximum atomic E-state index is 5.81. The van der Waals surface area contributed by atoms with Gasteiger partial charge >= 0.3 is 0 Å².